The van der Waals surface area contributed by atoms with Gasteiger partial charge < -0.3 is 20.4 Å². The van der Waals surface area contributed by atoms with Crippen molar-refractivity contribution >= 4 is 0 Å². The second kappa shape index (κ2) is 2.95. The largest absolute Gasteiger partial charge is 0.390 e. The maximum absolute atomic E-state index is 10.3. The first-order valence-corrected chi connectivity index (χ1v) is 7.33. The molecule has 0 heterocycles. The summed E-state index contributed by atoms with van der Waals surface area (Å²) >= 11 is 0. The van der Waals surface area contributed by atoms with Crippen LogP contribution in [-0.4, -0.2) is 44.8 Å². The van der Waals surface area contributed by atoms with Gasteiger partial charge in [0.15, 0.2) is 0 Å². The average molecular weight is 252 g/mol. The van der Waals surface area contributed by atoms with E-state index in [2.05, 4.69) is 0 Å². The number of fused-ring (bicyclic) bond motifs is 1. The van der Waals surface area contributed by atoms with Crippen molar-refractivity contribution in [2.24, 2.45) is 47.3 Å². The van der Waals surface area contributed by atoms with Crippen LogP contribution in [0.4, 0.5) is 0 Å². The highest BCUT2D eigenvalue weighted by Crippen LogP contribution is 2.74. The Bertz CT molecular complexity index is 377. The minimum Gasteiger partial charge on any atom is -0.390 e. The molecule has 0 saturated heterocycles. The SMILES string of the molecule is O[C@@H]1C2C3C4C(CC5C4C2[C@H](O)[C@@H]5O)CC3[C@@H]1O. The number of rotatable bonds is 0. The van der Waals surface area contributed by atoms with Crippen LogP contribution in [0.1, 0.15) is 12.8 Å². The van der Waals surface area contributed by atoms with Gasteiger partial charge in [0.25, 0.3) is 0 Å². The van der Waals surface area contributed by atoms with E-state index in [0.717, 1.165) is 12.8 Å². The molecule has 8 unspecified atom stereocenters. The minimum absolute atomic E-state index is 0.0277. The van der Waals surface area contributed by atoms with Gasteiger partial charge in [-0.3, -0.25) is 0 Å². The molecule has 0 aromatic rings. The van der Waals surface area contributed by atoms with Gasteiger partial charge in [0.1, 0.15) is 0 Å². The molecule has 0 aliphatic heterocycles. The van der Waals surface area contributed by atoms with Crippen LogP contribution in [-0.2, 0) is 0 Å². The molecule has 0 bridgehead atoms. The topological polar surface area (TPSA) is 80.9 Å². The molecule has 4 heteroatoms. The third-order valence-corrected chi connectivity index (χ3v) is 7.27. The quantitative estimate of drug-likeness (QED) is 0.455. The van der Waals surface area contributed by atoms with Gasteiger partial charge in [0.2, 0.25) is 0 Å². The Morgan fingerprint density at radius 3 is 1.39 bits per heavy atom. The van der Waals surface area contributed by atoms with Crippen molar-refractivity contribution < 1.29 is 20.4 Å². The Morgan fingerprint density at radius 1 is 0.500 bits per heavy atom. The summed E-state index contributed by atoms with van der Waals surface area (Å²) in [6.07, 6.45) is -0.529. The lowest BCUT2D eigenvalue weighted by Crippen LogP contribution is -2.37. The molecule has 100 valence electrons. The van der Waals surface area contributed by atoms with Gasteiger partial charge >= 0.3 is 0 Å². The number of hydrogen-bond donors (Lipinski definition) is 4. The van der Waals surface area contributed by atoms with Gasteiger partial charge in [0.05, 0.1) is 24.4 Å². The molecular weight excluding hydrogens is 232 g/mol. The fourth-order valence-electron chi connectivity index (χ4n) is 7.08. The Balaban J connectivity index is 1.66. The highest BCUT2D eigenvalue weighted by Gasteiger charge is 2.75. The van der Waals surface area contributed by atoms with Crippen LogP contribution in [0, 0.1) is 47.3 Å². The normalized spacial score (nSPS) is 75.3. The summed E-state index contributed by atoms with van der Waals surface area (Å²) in [6.45, 7) is 0. The summed E-state index contributed by atoms with van der Waals surface area (Å²) in [7, 11) is 0. The lowest BCUT2D eigenvalue weighted by atomic mass is 9.85. The monoisotopic (exact) mass is 252 g/mol. The molecule has 0 radical (unpaired) electrons. The van der Waals surface area contributed by atoms with Crippen molar-refractivity contribution in [3.63, 3.8) is 0 Å². The van der Waals surface area contributed by atoms with Crippen LogP contribution in [0.2, 0.25) is 0 Å². The van der Waals surface area contributed by atoms with Crippen LogP contribution < -0.4 is 0 Å². The van der Waals surface area contributed by atoms with Crippen molar-refractivity contribution in [2.45, 2.75) is 37.3 Å². The summed E-state index contributed by atoms with van der Waals surface area (Å²) in [5, 5.41) is 41.0. The van der Waals surface area contributed by atoms with Crippen molar-refractivity contribution in [1.29, 1.82) is 0 Å². The van der Waals surface area contributed by atoms with Crippen LogP contribution in [0.5, 0.6) is 0 Å². The Hall–Kier alpha value is -0.160. The van der Waals surface area contributed by atoms with Crippen LogP contribution in [0.15, 0.2) is 0 Å². The standard InChI is InChI=1S/C14H20O4/c15-11-4-1-3-2-5-8-6(3)7(4)9(13(11)17)10(8)14(18)12(5)16/h3-18H,1-2H2/t3?,4?,5?,6?,7?,8?,9?,10?,11-,12+,13+,14-. The first-order chi connectivity index (χ1) is 8.61. The molecule has 5 fully saturated rings. The third kappa shape index (κ3) is 0.856. The first kappa shape index (κ1) is 10.6. The van der Waals surface area contributed by atoms with E-state index in [-0.39, 0.29) is 23.7 Å². The van der Waals surface area contributed by atoms with Gasteiger partial charge in [-0.25, -0.2) is 0 Å². The predicted molar refractivity (Wildman–Crippen MR) is 61.2 cm³/mol. The van der Waals surface area contributed by atoms with E-state index >= 15 is 0 Å². The first-order valence-electron chi connectivity index (χ1n) is 7.33. The van der Waals surface area contributed by atoms with Gasteiger partial charge in [-0.2, -0.15) is 0 Å². The van der Waals surface area contributed by atoms with Gasteiger partial charge in [-0.1, -0.05) is 0 Å². The maximum atomic E-state index is 10.3. The summed E-state index contributed by atoms with van der Waals surface area (Å²) in [5.41, 5.74) is 0. The lowest BCUT2D eigenvalue weighted by molar-refractivity contribution is -0.0407. The van der Waals surface area contributed by atoms with Gasteiger partial charge in [-0.05, 0) is 60.2 Å². The van der Waals surface area contributed by atoms with E-state index < -0.39 is 24.4 Å². The molecule has 0 spiro atoms. The number of aliphatic hydroxyl groups is 4. The average Bonchev–Trinajstić information content (AvgIpc) is 3.05. The molecule has 5 saturated carbocycles. The molecule has 5 rings (SSSR count). The molecule has 12 atom stereocenters. The Labute approximate surface area is 106 Å². The summed E-state index contributed by atoms with van der Waals surface area (Å²) < 4.78 is 0. The van der Waals surface area contributed by atoms with E-state index in [0.29, 0.717) is 23.7 Å². The number of hydrogen-bond acceptors (Lipinski definition) is 4. The molecular formula is C14H20O4. The zero-order chi connectivity index (χ0) is 12.3. The second-order valence-electron chi connectivity index (χ2n) is 7.41. The summed E-state index contributed by atoms with van der Waals surface area (Å²) in [4.78, 5) is 0. The van der Waals surface area contributed by atoms with E-state index in [4.69, 9.17) is 0 Å². The third-order valence-electron chi connectivity index (χ3n) is 7.27. The predicted octanol–water partition coefficient (Wildman–Crippen LogP) is -0.792. The zero-order valence-corrected chi connectivity index (χ0v) is 10.1. The molecule has 4 nitrogen and oxygen atoms in total. The maximum Gasteiger partial charge on any atom is 0.0836 e. The van der Waals surface area contributed by atoms with Crippen LogP contribution in [0.3, 0.4) is 0 Å². The Kier molecular flexibility index (Phi) is 1.74. The van der Waals surface area contributed by atoms with Gasteiger partial charge in [-0.15, -0.1) is 0 Å². The van der Waals surface area contributed by atoms with Gasteiger partial charge in [0, 0.05) is 0 Å². The second-order valence-corrected chi connectivity index (χ2v) is 7.41. The lowest BCUT2D eigenvalue weighted by Gasteiger charge is -2.25. The summed E-state index contributed by atoms with van der Waals surface area (Å²) in [6, 6.07) is 0. The van der Waals surface area contributed by atoms with Crippen molar-refractivity contribution in [1.82, 2.24) is 0 Å². The minimum atomic E-state index is -0.683. The fourth-order valence-corrected chi connectivity index (χ4v) is 7.08. The smallest absolute Gasteiger partial charge is 0.0836 e. The van der Waals surface area contributed by atoms with Crippen molar-refractivity contribution in [3.8, 4) is 0 Å². The zero-order valence-electron chi connectivity index (χ0n) is 10.1. The molecule has 0 aromatic carbocycles. The fraction of sp³-hybridized carbons (Fsp3) is 1.00. The molecule has 0 amide bonds. The highest BCUT2D eigenvalue weighted by atomic mass is 16.3. The molecule has 4 N–H and O–H groups in total. The van der Waals surface area contributed by atoms with E-state index in [1.807, 2.05) is 0 Å². The van der Waals surface area contributed by atoms with Crippen molar-refractivity contribution in [3.05, 3.63) is 0 Å². The summed E-state index contributed by atoms with van der Waals surface area (Å²) in [5.74, 6) is 2.52. The molecule has 18 heavy (non-hydrogen) atoms. The molecule has 5 aliphatic rings. The van der Waals surface area contributed by atoms with E-state index in [9.17, 15) is 20.4 Å². The molecule has 0 aromatic heterocycles. The Morgan fingerprint density at radius 2 is 0.944 bits per heavy atom. The van der Waals surface area contributed by atoms with Crippen molar-refractivity contribution in [2.75, 3.05) is 0 Å². The molecule has 5 aliphatic carbocycles. The number of aliphatic hydroxyl groups excluding tert-OH is 4. The van der Waals surface area contributed by atoms with Crippen LogP contribution in [0.25, 0.3) is 0 Å². The van der Waals surface area contributed by atoms with Crippen LogP contribution >= 0.6 is 0 Å². The highest BCUT2D eigenvalue weighted by molar-refractivity contribution is 5.23. The van der Waals surface area contributed by atoms with E-state index in [1.165, 1.54) is 0 Å². The van der Waals surface area contributed by atoms with E-state index in [1.54, 1.807) is 0 Å².